The number of rotatable bonds is 2. The van der Waals surface area contributed by atoms with Gasteiger partial charge in [-0.05, 0) is 35.2 Å². The number of hydrogen-bond acceptors (Lipinski definition) is 2. The Balaban J connectivity index is 2.30. The fraction of sp³-hybridized carbons (Fsp3) is 0. The van der Waals surface area contributed by atoms with Crippen LogP contribution in [0.1, 0.15) is 10.4 Å². The molecule has 0 atom stereocenters. The molecule has 3 rings (SSSR count). The van der Waals surface area contributed by atoms with E-state index in [2.05, 4.69) is 4.98 Å². The van der Waals surface area contributed by atoms with Crippen LogP contribution in [0.2, 0.25) is 0 Å². The molecule has 0 spiro atoms. The molecule has 2 aromatic carbocycles. The lowest BCUT2D eigenvalue weighted by molar-refractivity contribution is 0.0697. The molecule has 0 fully saturated rings. The number of aromatic carboxylic acids is 1. The molecule has 0 unspecified atom stereocenters. The summed E-state index contributed by atoms with van der Waals surface area (Å²) in [4.78, 5) is 15.1. The minimum atomic E-state index is -1.08. The Morgan fingerprint density at radius 2 is 1.95 bits per heavy atom. The van der Waals surface area contributed by atoms with E-state index >= 15 is 0 Å². The average molecular weight is 267 g/mol. The number of carbonyl (C=O) groups is 1. The molecule has 98 valence electrons. The lowest BCUT2D eigenvalue weighted by Crippen LogP contribution is -1.98. The first-order valence-electron chi connectivity index (χ1n) is 6.03. The molecular weight excluding hydrogens is 257 g/mol. The minimum Gasteiger partial charge on any atom is -0.478 e. The van der Waals surface area contributed by atoms with Crippen LogP contribution in [0.4, 0.5) is 4.39 Å². The van der Waals surface area contributed by atoms with Crippen LogP contribution in [0.3, 0.4) is 0 Å². The van der Waals surface area contributed by atoms with Crippen molar-refractivity contribution in [3.8, 4) is 11.1 Å². The number of pyridine rings is 1. The van der Waals surface area contributed by atoms with Gasteiger partial charge in [0.2, 0.25) is 0 Å². The Hall–Kier alpha value is -2.75. The van der Waals surface area contributed by atoms with E-state index in [0.29, 0.717) is 5.56 Å². The number of nitrogens with zero attached hydrogens (tertiary/aromatic N) is 1. The maximum atomic E-state index is 14.0. The summed E-state index contributed by atoms with van der Waals surface area (Å²) in [6.07, 6.45) is 3.31. The van der Waals surface area contributed by atoms with Crippen LogP contribution in [-0.4, -0.2) is 16.1 Å². The van der Waals surface area contributed by atoms with Crippen molar-refractivity contribution in [3.05, 3.63) is 66.2 Å². The standard InChI is InChI=1S/C16H10FNO2/c17-15-5-4-11(16(19)20)8-13(15)12-3-1-2-10-6-7-18-9-14(10)12/h1-9H,(H,19,20). The zero-order chi connectivity index (χ0) is 14.1. The Bertz CT molecular complexity index is 809. The second-order valence-electron chi connectivity index (χ2n) is 4.40. The molecule has 1 N–H and O–H groups in total. The van der Waals surface area contributed by atoms with Crippen molar-refractivity contribution in [3.63, 3.8) is 0 Å². The molecule has 0 aliphatic carbocycles. The van der Waals surface area contributed by atoms with Gasteiger partial charge in [0.05, 0.1) is 5.56 Å². The van der Waals surface area contributed by atoms with E-state index < -0.39 is 11.8 Å². The topological polar surface area (TPSA) is 50.2 Å². The first kappa shape index (κ1) is 12.3. The predicted molar refractivity (Wildman–Crippen MR) is 74.1 cm³/mol. The zero-order valence-electron chi connectivity index (χ0n) is 10.4. The Morgan fingerprint density at radius 1 is 1.10 bits per heavy atom. The van der Waals surface area contributed by atoms with Gasteiger partial charge in [0.1, 0.15) is 5.82 Å². The highest BCUT2D eigenvalue weighted by atomic mass is 19.1. The number of carboxylic acids is 1. The summed E-state index contributed by atoms with van der Waals surface area (Å²) in [5.41, 5.74) is 0.960. The maximum Gasteiger partial charge on any atom is 0.335 e. The van der Waals surface area contributed by atoms with E-state index in [1.807, 2.05) is 18.2 Å². The van der Waals surface area contributed by atoms with Gasteiger partial charge in [-0.2, -0.15) is 0 Å². The fourth-order valence-electron chi connectivity index (χ4n) is 2.21. The summed E-state index contributed by atoms with van der Waals surface area (Å²) in [7, 11) is 0. The first-order chi connectivity index (χ1) is 9.66. The Kier molecular flexibility index (Phi) is 2.91. The van der Waals surface area contributed by atoms with Crippen molar-refractivity contribution in [2.24, 2.45) is 0 Å². The number of aromatic nitrogens is 1. The van der Waals surface area contributed by atoms with Gasteiger partial charge in [0.25, 0.3) is 0 Å². The number of carboxylic acid groups (broad SMARTS) is 1. The number of halogens is 1. The van der Waals surface area contributed by atoms with Crippen LogP contribution in [0.15, 0.2) is 54.9 Å². The quantitative estimate of drug-likeness (QED) is 0.769. The molecule has 0 bridgehead atoms. The normalized spacial score (nSPS) is 10.7. The molecular formula is C16H10FNO2. The average Bonchev–Trinajstić information content (AvgIpc) is 2.47. The van der Waals surface area contributed by atoms with Crippen LogP contribution in [-0.2, 0) is 0 Å². The van der Waals surface area contributed by atoms with Gasteiger partial charge in [0, 0.05) is 23.3 Å². The summed E-state index contributed by atoms with van der Waals surface area (Å²) in [6, 6.07) is 11.1. The van der Waals surface area contributed by atoms with Gasteiger partial charge in [0.15, 0.2) is 0 Å². The van der Waals surface area contributed by atoms with Crippen molar-refractivity contribution in [2.75, 3.05) is 0 Å². The predicted octanol–water partition coefficient (Wildman–Crippen LogP) is 3.74. The highest BCUT2D eigenvalue weighted by Gasteiger charge is 2.12. The molecule has 3 nitrogen and oxygen atoms in total. The molecule has 0 radical (unpaired) electrons. The first-order valence-corrected chi connectivity index (χ1v) is 6.03. The second-order valence-corrected chi connectivity index (χ2v) is 4.40. The van der Waals surface area contributed by atoms with E-state index in [1.165, 1.54) is 18.2 Å². The monoisotopic (exact) mass is 267 g/mol. The zero-order valence-corrected chi connectivity index (χ0v) is 10.4. The van der Waals surface area contributed by atoms with Crippen molar-refractivity contribution in [1.29, 1.82) is 0 Å². The molecule has 20 heavy (non-hydrogen) atoms. The van der Waals surface area contributed by atoms with Gasteiger partial charge in [-0.1, -0.05) is 18.2 Å². The van der Waals surface area contributed by atoms with Crippen molar-refractivity contribution < 1.29 is 14.3 Å². The minimum absolute atomic E-state index is 0.0577. The summed E-state index contributed by atoms with van der Waals surface area (Å²) in [5, 5.41) is 10.7. The van der Waals surface area contributed by atoms with E-state index in [-0.39, 0.29) is 11.1 Å². The Morgan fingerprint density at radius 3 is 2.75 bits per heavy atom. The Labute approximate surface area is 114 Å². The van der Waals surface area contributed by atoms with Gasteiger partial charge in [-0.15, -0.1) is 0 Å². The summed E-state index contributed by atoms with van der Waals surface area (Å²) in [5.74, 6) is -1.53. The highest BCUT2D eigenvalue weighted by Crippen LogP contribution is 2.30. The second kappa shape index (κ2) is 4.74. The van der Waals surface area contributed by atoms with E-state index in [1.54, 1.807) is 18.5 Å². The molecule has 0 aliphatic heterocycles. The van der Waals surface area contributed by atoms with Gasteiger partial charge < -0.3 is 5.11 Å². The number of hydrogen-bond donors (Lipinski definition) is 1. The molecule has 0 saturated heterocycles. The highest BCUT2D eigenvalue weighted by molar-refractivity contribution is 5.97. The van der Waals surface area contributed by atoms with E-state index in [0.717, 1.165) is 10.8 Å². The molecule has 1 aromatic heterocycles. The lowest BCUT2D eigenvalue weighted by atomic mass is 9.98. The van der Waals surface area contributed by atoms with Crippen molar-refractivity contribution >= 4 is 16.7 Å². The van der Waals surface area contributed by atoms with Gasteiger partial charge in [-0.3, -0.25) is 4.98 Å². The molecule has 3 aromatic rings. The van der Waals surface area contributed by atoms with Gasteiger partial charge in [-0.25, -0.2) is 9.18 Å². The third-order valence-electron chi connectivity index (χ3n) is 3.19. The third-order valence-corrected chi connectivity index (χ3v) is 3.19. The van der Waals surface area contributed by atoms with E-state index in [9.17, 15) is 9.18 Å². The van der Waals surface area contributed by atoms with E-state index in [4.69, 9.17) is 5.11 Å². The summed E-state index contributed by atoms with van der Waals surface area (Å²) >= 11 is 0. The molecule has 0 amide bonds. The number of benzene rings is 2. The van der Waals surface area contributed by atoms with Crippen molar-refractivity contribution in [2.45, 2.75) is 0 Å². The molecule has 0 saturated carbocycles. The fourth-order valence-corrected chi connectivity index (χ4v) is 2.21. The molecule has 4 heteroatoms. The summed E-state index contributed by atoms with van der Waals surface area (Å²) < 4.78 is 14.0. The van der Waals surface area contributed by atoms with Crippen LogP contribution in [0.5, 0.6) is 0 Å². The number of fused-ring (bicyclic) bond motifs is 1. The van der Waals surface area contributed by atoms with Crippen molar-refractivity contribution in [1.82, 2.24) is 4.98 Å². The maximum absolute atomic E-state index is 14.0. The largest absolute Gasteiger partial charge is 0.478 e. The summed E-state index contributed by atoms with van der Waals surface area (Å²) in [6.45, 7) is 0. The SMILES string of the molecule is O=C(O)c1ccc(F)c(-c2cccc3ccncc23)c1. The lowest BCUT2D eigenvalue weighted by Gasteiger charge is -2.08. The molecule has 0 aliphatic rings. The molecule has 1 heterocycles. The smallest absolute Gasteiger partial charge is 0.335 e. The third kappa shape index (κ3) is 2.01. The van der Waals surface area contributed by atoms with Gasteiger partial charge >= 0.3 is 5.97 Å². The van der Waals surface area contributed by atoms with Crippen LogP contribution in [0.25, 0.3) is 21.9 Å². The van der Waals surface area contributed by atoms with Crippen LogP contribution in [0, 0.1) is 5.82 Å². The van der Waals surface area contributed by atoms with Crippen LogP contribution < -0.4 is 0 Å². The van der Waals surface area contributed by atoms with Crippen LogP contribution >= 0.6 is 0 Å².